The van der Waals surface area contributed by atoms with Crippen LogP contribution < -0.4 is 15.5 Å². The number of anilines is 1. The molecule has 0 spiro atoms. The number of carbonyl (C=O) groups is 1. The number of piperidine rings is 1. The van der Waals surface area contributed by atoms with Crippen LogP contribution in [0.2, 0.25) is 0 Å². The Morgan fingerprint density at radius 1 is 1.34 bits per heavy atom. The van der Waals surface area contributed by atoms with Crippen LogP contribution in [-0.4, -0.2) is 54.8 Å². The molecule has 29 heavy (non-hydrogen) atoms. The summed E-state index contributed by atoms with van der Waals surface area (Å²) in [6.45, 7) is 2.85. The summed E-state index contributed by atoms with van der Waals surface area (Å²) in [6.07, 6.45) is -2.37. The van der Waals surface area contributed by atoms with Crippen molar-refractivity contribution in [3.05, 3.63) is 36.0 Å². The number of fused-ring (bicyclic) bond motifs is 1. The molecule has 0 aliphatic carbocycles. The number of nitrogens with zero attached hydrogens (tertiary/aromatic N) is 2. The van der Waals surface area contributed by atoms with Crippen molar-refractivity contribution < 1.29 is 23.1 Å². The predicted octanol–water partition coefficient (Wildman–Crippen LogP) is 2.16. The number of likely N-dealkylation sites (N-methyl/N-ethyl adjacent to an activating group) is 1. The summed E-state index contributed by atoms with van der Waals surface area (Å²) in [5, 5.41) is 15.4. The molecule has 0 bridgehead atoms. The number of carbonyl (C=O) groups excluding carboxylic acids is 1. The molecule has 1 saturated heterocycles. The Bertz CT molecular complexity index is 870. The normalized spacial score (nSPS) is 21.2. The van der Waals surface area contributed by atoms with Gasteiger partial charge in [-0.3, -0.25) is 9.78 Å². The van der Waals surface area contributed by atoms with Gasteiger partial charge >= 0.3 is 6.18 Å². The van der Waals surface area contributed by atoms with E-state index in [1.165, 1.54) is 12.3 Å². The molecule has 0 radical (unpaired) electrons. The molecule has 3 rings (SSSR count). The number of pyridine rings is 1. The Hall–Kier alpha value is -2.39. The summed E-state index contributed by atoms with van der Waals surface area (Å²) in [5.74, 6) is -0.0711. The number of hydrogen-bond acceptors (Lipinski definition) is 5. The van der Waals surface area contributed by atoms with Gasteiger partial charge in [0.1, 0.15) is 6.04 Å². The van der Waals surface area contributed by atoms with Crippen LogP contribution >= 0.6 is 0 Å². The second-order valence-electron chi connectivity index (χ2n) is 7.50. The summed E-state index contributed by atoms with van der Waals surface area (Å²) in [5.41, 5.74) is -0.169. The zero-order valence-electron chi connectivity index (χ0n) is 16.3. The number of benzene rings is 1. The fourth-order valence-corrected chi connectivity index (χ4v) is 3.92. The number of alkyl halides is 3. The van der Waals surface area contributed by atoms with Crippen LogP contribution in [0.5, 0.6) is 0 Å². The highest BCUT2D eigenvalue weighted by molar-refractivity contribution is 5.94. The van der Waals surface area contributed by atoms with Crippen molar-refractivity contribution in [1.29, 1.82) is 0 Å². The summed E-state index contributed by atoms with van der Waals surface area (Å²) >= 11 is 0. The van der Waals surface area contributed by atoms with Crippen LogP contribution in [-0.2, 0) is 11.0 Å². The molecule has 1 aromatic heterocycles. The molecular formula is C20H25F3N4O2. The van der Waals surface area contributed by atoms with Crippen LogP contribution in [0.3, 0.4) is 0 Å². The summed E-state index contributed by atoms with van der Waals surface area (Å²) in [4.78, 5) is 18.3. The van der Waals surface area contributed by atoms with Gasteiger partial charge in [0.2, 0.25) is 5.91 Å². The standard InChI is InChI=1S/C20H25F3N4O2/c1-12-8-13(26-19(29)16(11-28)24-2)10-27(9-12)17-6-5-15(20(21,22)23)18-14(17)4-3-7-25-18/h3-7,12-13,16,24,28H,8-11H2,1-2H3,(H,26,29)/t12-,13+,16?/m0/s1. The van der Waals surface area contributed by atoms with Crippen LogP contribution in [0.4, 0.5) is 18.9 Å². The first kappa shape index (κ1) is 21.3. The SMILES string of the molecule is CNC(CO)C(=O)N[C@@H]1C[C@H](C)CN(c2ccc(C(F)(F)F)c3ncccc23)C1. The fourth-order valence-electron chi connectivity index (χ4n) is 3.92. The summed E-state index contributed by atoms with van der Waals surface area (Å²) < 4.78 is 40.1. The lowest BCUT2D eigenvalue weighted by Crippen LogP contribution is -2.55. The number of aliphatic hydroxyl groups is 1. The summed E-state index contributed by atoms with van der Waals surface area (Å²) in [6, 6.07) is 4.94. The molecule has 1 fully saturated rings. The van der Waals surface area contributed by atoms with Gasteiger partial charge in [0, 0.05) is 36.4 Å². The van der Waals surface area contributed by atoms with E-state index in [0.717, 1.165) is 12.5 Å². The smallest absolute Gasteiger partial charge is 0.394 e. The lowest BCUT2D eigenvalue weighted by atomic mass is 9.94. The third-order valence-corrected chi connectivity index (χ3v) is 5.25. The van der Waals surface area contributed by atoms with Crippen molar-refractivity contribution >= 4 is 22.5 Å². The highest BCUT2D eigenvalue weighted by atomic mass is 19.4. The largest absolute Gasteiger partial charge is 0.418 e. The molecule has 0 saturated carbocycles. The van der Waals surface area contributed by atoms with Crippen molar-refractivity contribution in [2.75, 3.05) is 31.6 Å². The lowest BCUT2D eigenvalue weighted by Gasteiger charge is -2.39. The Balaban J connectivity index is 1.90. The van der Waals surface area contributed by atoms with E-state index in [2.05, 4.69) is 15.6 Å². The average molecular weight is 410 g/mol. The summed E-state index contributed by atoms with van der Waals surface area (Å²) in [7, 11) is 1.59. The molecule has 3 atom stereocenters. The van der Waals surface area contributed by atoms with Gasteiger partial charge in [-0.15, -0.1) is 0 Å². The minimum absolute atomic E-state index is 0.0770. The van der Waals surface area contributed by atoms with Crippen molar-refractivity contribution in [1.82, 2.24) is 15.6 Å². The van der Waals surface area contributed by atoms with Crippen molar-refractivity contribution in [2.24, 2.45) is 5.92 Å². The lowest BCUT2D eigenvalue weighted by molar-refractivity contribution is -0.136. The Morgan fingerprint density at radius 3 is 2.76 bits per heavy atom. The van der Waals surface area contributed by atoms with Crippen molar-refractivity contribution in [3.8, 4) is 0 Å². The topological polar surface area (TPSA) is 77.5 Å². The Labute approximate surface area is 167 Å². The fraction of sp³-hybridized carbons (Fsp3) is 0.500. The molecule has 1 aliphatic heterocycles. The molecule has 3 N–H and O–H groups in total. The minimum atomic E-state index is -4.48. The van der Waals surface area contributed by atoms with Gasteiger partial charge < -0.3 is 20.6 Å². The van der Waals surface area contributed by atoms with Crippen LogP contribution in [0.1, 0.15) is 18.9 Å². The molecule has 1 unspecified atom stereocenters. The van der Waals surface area contributed by atoms with Gasteiger partial charge in [-0.05, 0) is 43.7 Å². The van der Waals surface area contributed by atoms with E-state index in [-0.39, 0.29) is 30.0 Å². The van der Waals surface area contributed by atoms with Gasteiger partial charge in [-0.25, -0.2) is 0 Å². The molecule has 1 aliphatic rings. The van der Waals surface area contributed by atoms with E-state index < -0.39 is 17.8 Å². The maximum Gasteiger partial charge on any atom is 0.418 e. The first-order chi connectivity index (χ1) is 13.7. The number of aliphatic hydroxyl groups excluding tert-OH is 1. The number of amides is 1. The molecule has 2 aromatic rings. The maximum absolute atomic E-state index is 13.4. The highest BCUT2D eigenvalue weighted by Gasteiger charge is 2.35. The maximum atomic E-state index is 13.4. The zero-order chi connectivity index (χ0) is 21.2. The molecule has 9 heteroatoms. The van der Waals surface area contributed by atoms with E-state index in [1.54, 1.807) is 19.2 Å². The van der Waals surface area contributed by atoms with Crippen LogP contribution in [0.15, 0.2) is 30.5 Å². The van der Waals surface area contributed by atoms with E-state index in [4.69, 9.17) is 0 Å². The first-order valence-corrected chi connectivity index (χ1v) is 9.53. The number of halogens is 3. The molecular weight excluding hydrogens is 385 g/mol. The monoisotopic (exact) mass is 410 g/mol. The minimum Gasteiger partial charge on any atom is -0.394 e. The van der Waals surface area contributed by atoms with Gasteiger partial charge in [0.15, 0.2) is 0 Å². The third kappa shape index (κ3) is 4.62. The number of rotatable bonds is 5. The third-order valence-electron chi connectivity index (χ3n) is 5.25. The van der Waals surface area contributed by atoms with E-state index >= 15 is 0 Å². The average Bonchev–Trinajstić information content (AvgIpc) is 2.66. The predicted molar refractivity (Wildman–Crippen MR) is 105 cm³/mol. The quantitative estimate of drug-likeness (QED) is 0.704. The van der Waals surface area contributed by atoms with E-state index in [0.29, 0.717) is 24.2 Å². The second kappa shape index (κ2) is 8.54. The number of nitrogens with one attached hydrogen (secondary N) is 2. The van der Waals surface area contributed by atoms with Crippen molar-refractivity contribution in [2.45, 2.75) is 31.6 Å². The van der Waals surface area contributed by atoms with Gasteiger partial charge in [-0.2, -0.15) is 13.2 Å². The molecule has 6 nitrogen and oxygen atoms in total. The van der Waals surface area contributed by atoms with Crippen LogP contribution in [0.25, 0.3) is 10.9 Å². The number of hydrogen-bond donors (Lipinski definition) is 3. The Kier molecular flexibility index (Phi) is 6.28. The zero-order valence-corrected chi connectivity index (χ0v) is 16.3. The molecule has 1 amide bonds. The number of aromatic nitrogens is 1. The van der Waals surface area contributed by atoms with Gasteiger partial charge in [0.25, 0.3) is 0 Å². The Morgan fingerprint density at radius 2 is 2.10 bits per heavy atom. The van der Waals surface area contributed by atoms with Crippen molar-refractivity contribution in [3.63, 3.8) is 0 Å². The van der Waals surface area contributed by atoms with Gasteiger partial charge in [0.05, 0.1) is 17.7 Å². The molecule has 2 heterocycles. The first-order valence-electron chi connectivity index (χ1n) is 9.53. The second-order valence-corrected chi connectivity index (χ2v) is 7.50. The van der Waals surface area contributed by atoms with E-state index in [1.807, 2.05) is 11.8 Å². The van der Waals surface area contributed by atoms with Crippen LogP contribution in [0, 0.1) is 5.92 Å². The van der Waals surface area contributed by atoms with Gasteiger partial charge in [-0.1, -0.05) is 6.92 Å². The highest BCUT2D eigenvalue weighted by Crippen LogP contribution is 2.38. The molecule has 1 aromatic carbocycles. The molecule has 158 valence electrons. The van der Waals surface area contributed by atoms with E-state index in [9.17, 15) is 23.1 Å².